The molecule has 370 valence electrons. The molecule has 0 bridgehead atoms. The summed E-state index contributed by atoms with van der Waals surface area (Å²) in [6.45, 7) is 14.9. The van der Waals surface area contributed by atoms with E-state index in [-0.39, 0.29) is 11.6 Å². The summed E-state index contributed by atoms with van der Waals surface area (Å²) in [5, 5.41) is 4.47. The molecule has 12 rings (SSSR count). The van der Waals surface area contributed by atoms with Crippen LogP contribution in [0.5, 0.6) is 0 Å². The molecule has 0 unspecified atom stereocenters. The molecule has 0 aliphatic rings. The molecule has 0 fully saturated rings. The number of aryl methyl sites for hydroxylation is 4. The first-order valence-corrected chi connectivity index (χ1v) is 26.3. The van der Waals surface area contributed by atoms with Gasteiger partial charge in [-0.05, 0) is 180 Å². The number of nitrogens with zero attached hydrogens (tertiary/aromatic N) is 2. The molecule has 10 aromatic carbocycles. The third kappa shape index (κ3) is 8.74. The van der Waals surface area contributed by atoms with Gasteiger partial charge in [-0.3, -0.25) is 9.59 Å². The number of fused-ring (bicyclic) bond motifs is 6. The van der Waals surface area contributed by atoms with Gasteiger partial charge in [-0.2, -0.15) is 0 Å². The van der Waals surface area contributed by atoms with Crippen molar-refractivity contribution in [1.82, 2.24) is 9.13 Å². The van der Waals surface area contributed by atoms with E-state index in [9.17, 15) is 9.59 Å². The van der Waals surface area contributed by atoms with Gasteiger partial charge in [0, 0.05) is 55.2 Å². The lowest BCUT2D eigenvalue weighted by Crippen LogP contribution is -2.07. The molecule has 0 atom stereocenters. The second-order valence-electron chi connectivity index (χ2n) is 20.2. The van der Waals surface area contributed by atoms with E-state index in [0.717, 1.165) is 77.2 Å². The van der Waals surface area contributed by atoms with Crippen molar-refractivity contribution < 1.29 is 9.59 Å². The van der Waals surface area contributed by atoms with Crippen LogP contribution in [-0.4, -0.2) is 20.7 Å². The molecule has 0 radical (unpaired) electrons. The summed E-state index contributed by atoms with van der Waals surface area (Å²) in [4.78, 5) is 29.3. The van der Waals surface area contributed by atoms with Crippen LogP contribution in [0.1, 0.15) is 55.5 Å². The highest BCUT2D eigenvalue weighted by Crippen LogP contribution is 2.41. The Morgan fingerprint density at radius 3 is 1.21 bits per heavy atom. The summed E-state index contributed by atoms with van der Waals surface area (Å²) in [7, 11) is 0. The second kappa shape index (κ2) is 19.9. The van der Waals surface area contributed by atoms with Gasteiger partial charge < -0.3 is 9.13 Å². The van der Waals surface area contributed by atoms with Gasteiger partial charge in [0.2, 0.25) is 0 Å². The molecule has 0 saturated carbocycles. The van der Waals surface area contributed by atoms with Crippen molar-refractivity contribution in [3.63, 3.8) is 0 Å². The van der Waals surface area contributed by atoms with Gasteiger partial charge in [0.15, 0.2) is 11.6 Å². The molecular formula is C73H56N2O2. The van der Waals surface area contributed by atoms with Crippen molar-refractivity contribution in [3.8, 4) is 50.2 Å². The Hall–Kier alpha value is -9.64. The van der Waals surface area contributed by atoms with Gasteiger partial charge in [-0.15, -0.1) is 0 Å². The van der Waals surface area contributed by atoms with Crippen LogP contribution in [0.4, 0.5) is 0 Å². The number of aromatic nitrogens is 2. The van der Waals surface area contributed by atoms with Crippen molar-refractivity contribution in [3.05, 3.63) is 288 Å². The maximum Gasteiger partial charge on any atom is 0.193 e. The fraction of sp³-hybridized carbons (Fsp3) is 0.0685. The Balaban J connectivity index is 0.899. The van der Waals surface area contributed by atoms with Crippen LogP contribution in [0.25, 0.3) is 99.5 Å². The number of ketones is 2. The maximum absolute atomic E-state index is 14.7. The van der Waals surface area contributed by atoms with Crippen LogP contribution in [-0.2, 0) is 0 Å². The summed E-state index contributed by atoms with van der Waals surface area (Å²) in [5.41, 5.74) is 21.6. The second-order valence-corrected chi connectivity index (χ2v) is 20.2. The van der Waals surface area contributed by atoms with Crippen LogP contribution in [0, 0.1) is 27.7 Å². The minimum Gasteiger partial charge on any atom is -0.309 e. The molecule has 0 N–H and O–H groups in total. The molecule has 0 spiro atoms. The van der Waals surface area contributed by atoms with Crippen LogP contribution in [0.15, 0.2) is 249 Å². The Morgan fingerprint density at radius 2 is 0.779 bits per heavy atom. The Bertz CT molecular complexity index is 4250. The lowest BCUT2D eigenvalue weighted by molar-refractivity contribution is 0.103. The van der Waals surface area contributed by atoms with Gasteiger partial charge in [0.05, 0.1) is 22.1 Å². The van der Waals surface area contributed by atoms with E-state index in [1.807, 2.05) is 43.4 Å². The van der Waals surface area contributed by atoms with Crippen molar-refractivity contribution in [2.75, 3.05) is 0 Å². The zero-order valence-electron chi connectivity index (χ0n) is 43.9. The highest BCUT2D eigenvalue weighted by atomic mass is 16.1. The van der Waals surface area contributed by atoms with Crippen LogP contribution >= 0.6 is 0 Å². The third-order valence-electron chi connectivity index (χ3n) is 15.3. The summed E-state index contributed by atoms with van der Waals surface area (Å²) in [5.74, 6) is -0.442. The molecule has 4 heteroatoms. The van der Waals surface area contributed by atoms with Crippen LogP contribution in [0.3, 0.4) is 0 Å². The van der Waals surface area contributed by atoms with Gasteiger partial charge in [-0.1, -0.05) is 164 Å². The van der Waals surface area contributed by atoms with E-state index in [1.165, 1.54) is 44.5 Å². The monoisotopic (exact) mass is 992 g/mol. The molecule has 2 heterocycles. The van der Waals surface area contributed by atoms with Crippen molar-refractivity contribution in [1.29, 1.82) is 0 Å². The van der Waals surface area contributed by atoms with E-state index in [2.05, 4.69) is 219 Å². The predicted molar refractivity (Wildman–Crippen MR) is 323 cm³/mol. The fourth-order valence-electron chi connectivity index (χ4n) is 11.4. The molecule has 0 amide bonds. The highest BCUT2D eigenvalue weighted by molar-refractivity contribution is 6.17. The quantitative estimate of drug-likeness (QED) is 0.0695. The molecule has 0 aliphatic carbocycles. The minimum atomic E-state index is -0.264. The zero-order chi connectivity index (χ0) is 52.9. The first-order valence-electron chi connectivity index (χ1n) is 26.3. The lowest BCUT2D eigenvalue weighted by Gasteiger charge is -2.12. The molecule has 2 aromatic heterocycles. The topological polar surface area (TPSA) is 44.0 Å². The van der Waals surface area contributed by atoms with Crippen LogP contribution in [0.2, 0.25) is 0 Å². The lowest BCUT2D eigenvalue weighted by atomic mass is 9.97. The number of rotatable bonds is 12. The van der Waals surface area contributed by atoms with Gasteiger partial charge in [0.25, 0.3) is 0 Å². The first-order chi connectivity index (χ1) is 37.5. The fourth-order valence-corrected chi connectivity index (χ4v) is 11.4. The van der Waals surface area contributed by atoms with Crippen LogP contribution < -0.4 is 0 Å². The normalized spacial score (nSPS) is 11.9. The first kappa shape index (κ1) is 48.3. The number of carbonyl (C=O) groups excluding carboxylic acids is 2. The molecule has 4 nitrogen and oxygen atoms in total. The largest absolute Gasteiger partial charge is 0.309 e. The summed E-state index contributed by atoms with van der Waals surface area (Å²) in [6, 6.07) is 75.5. The van der Waals surface area contributed by atoms with E-state index in [4.69, 9.17) is 0 Å². The van der Waals surface area contributed by atoms with Gasteiger partial charge >= 0.3 is 0 Å². The highest BCUT2D eigenvalue weighted by Gasteiger charge is 2.21. The smallest absolute Gasteiger partial charge is 0.193 e. The summed E-state index contributed by atoms with van der Waals surface area (Å²) in [6.07, 6.45) is 5.88. The van der Waals surface area contributed by atoms with Crippen molar-refractivity contribution in [2.24, 2.45) is 0 Å². The number of hydrogen-bond donors (Lipinski definition) is 0. The van der Waals surface area contributed by atoms with Gasteiger partial charge in [-0.25, -0.2) is 0 Å². The number of Topliss-reactive ketones (excluding diaryl/α,β-unsaturated/α-hetero) is 1. The number of hydrogen-bond acceptors (Lipinski definition) is 2. The summed E-state index contributed by atoms with van der Waals surface area (Å²) < 4.78 is 4.48. The molecule has 0 saturated heterocycles. The van der Waals surface area contributed by atoms with E-state index < -0.39 is 0 Å². The zero-order valence-corrected chi connectivity index (χ0v) is 43.9. The number of benzene rings is 10. The van der Waals surface area contributed by atoms with Gasteiger partial charge in [0.1, 0.15) is 0 Å². The molecule has 0 aliphatic heterocycles. The SMILES string of the molecule is C=C(/C=C(\C=C/C)n1c2ccc(-c3ccccc3C)cc2c2cc(-c3ccccc3C)ccc21)C(=O)c1cccc(C(=O)c2cccc(-n3c4ccc(-c5ccccc5C)cc4c4cc(-c5ccccc5C)ccc43)c2)c1. The average Bonchev–Trinajstić information content (AvgIpc) is 3.98. The number of carbonyl (C=O) groups is 2. The summed E-state index contributed by atoms with van der Waals surface area (Å²) >= 11 is 0. The Kier molecular flexibility index (Phi) is 12.5. The average molecular weight is 993 g/mol. The Labute approximate surface area is 449 Å². The minimum absolute atomic E-state index is 0.179. The van der Waals surface area contributed by atoms with E-state index >= 15 is 0 Å². The third-order valence-corrected chi connectivity index (χ3v) is 15.3. The maximum atomic E-state index is 14.7. The number of allylic oxidation sites excluding steroid dienone is 5. The predicted octanol–water partition coefficient (Wildman–Crippen LogP) is 18.9. The van der Waals surface area contributed by atoms with Crippen molar-refractivity contribution >= 4 is 60.9 Å². The van der Waals surface area contributed by atoms with Crippen molar-refractivity contribution in [2.45, 2.75) is 34.6 Å². The molecular weight excluding hydrogens is 937 g/mol. The van der Waals surface area contributed by atoms with E-state index in [1.54, 1.807) is 24.3 Å². The Morgan fingerprint density at radius 1 is 0.403 bits per heavy atom. The van der Waals surface area contributed by atoms with E-state index in [0.29, 0.717) is 22.3 Å². The standard InChI is InChI=1S/C73H56N2O2/c1-7-18-58(74-68-35-31-51(60-27-12-8-19-46(60)2)42-64(68)65-43-52(32-36-69(65)74)61-28-13-9-20-47(61)3)39-50(6)72(76)55-23-16-24-56(40-55)73(77)57-25-17-26-59(41-57)75-70-37-33-53(62-29-14-10-21-48(62)4)44-66(70)67-45-54(34-38-71(67)75)63-30-15-11-22-49(63)5/h7-45H,6H2,1-5H3/b18-7-,58-39+. The molecule has 12 aromatic rings. The molecule has 77 heavy (non-hydrogen) atoms.